The molecular weight excluding hydrogens is 436 g/mol. The maximum absolute atomic E-state index is 12.4. The molecule has 2 heterocycles. The SMILES string of the molecule is CCOC(=O)Cc1nc2ccc(Br)cn2c1NC(=O)Nc1ccc(Cl)cc1. The molecule has 0 unspecified atom stereocenters. The Labute approximate surface area is 168 Å². The molecule has 27 heavy (non-hydrogen) atoms. The van der Waals surface area contributed by atoms with Gasteiger partial charge in [0.2, 0.25) is 0 Å². The van der Waals surface area contributed by atoms with Crippen LogP contribution in [0.25, 0.3) is 5.65 Å². The van der Waals surface area contributed by atoms with Gasteiger partial charge in [0.05, 0.1) is 18.7 Å². The van der Waals surface area contributed by atoms with Crippen molar-refractivity contribution in [3.63, 3.8) is 0 Å². The van der Waals surface area contributed by atoms with Crippen molar-refractivity contribution in [3.8, 4) is 0 Å². The minimum atomic E-state index is -0.468. The second kappa shape index (κ2) is 8.41. The fourth-order valence-corrected chi connectivity index (χ4v) is 2.94. The number of carbonyl (C=O) groups excluding carboxylic acids is 2. The fourth-order valence-electron chi connectivity index (χ4n) is 2.47. The van der Waals surface area contributed by atoms with Crippen LogP contribution >= 0.6 is 27.5 Å². The first-order valence-electron chi connectivity index (χ1n) is 8.12. The number of esters is 1. The quantitative estimate of drug-likeness (QED) is 0.559. The van der Waals surface area contributed by atoms with Crippen LogP contribution < -0.4 is 10.6 Å². The average Bonchev–Trinajstić information content (AvgIpc) is 2.94. The number of aromatic nitrogens is 2. The van der Waals surface area contributed by atoms with E-state index < -0.39 is 12.0 Å². The van der Waals surface area contributed by atoms with Gasteiger partial charge in [-0.05, 0) is 59.3 Å². The highest BCUT2D eigenvalue weighted by molar-refractivity contribution is 9.10. The highest BCUT2D eigenvalue weighted by atomic mass is 79.9. The van der Waals surface area contributed by atoms with Crippen LogP contribution in [0.15, 0.2) is 47.1 Å². The van der Waals surface area contributed by atoms with Crippen LogP contribution in [0.2, 0.25) is 5.02 Å². The second-order valence-corrected chi connectivity index (χ2v) is 6.90. The van der Waals surface area contributed by atoms with E-state index in [4.69, 9.17) is 16.3 Å². The molecule has 3 aromatic rings. The summed E-state index contributed by atoms with van der Waals surface area (Å²) in [4.78, 5) is 28.8. The number of halogens is 2. The number of nitrogens with one attached hydrogen (secondary N) is 2. The molecule has 7 nitrogen and oxygen atoms in total. The van der Waals surface area contributed by atoms with Gasteiger partial charge in [0, 0.05) is 21.4 Å². The number of fused-ring (bicyclic) bond motifs is 1. The van der Waals surface area contributed by atoms with Crippen LogP contribution in [-0.2, 0) is 16.0 Å². The van der Waals surface area contributed by atoms with E-state index in [-0.39, 0.29) is 13.0 Å². The Hall–Kier alpha value is -2.58. The van der Waals surface area contributed by atoms with Crippen LogP contribution in [0.1, 0.15) is 12.6 Å². The fraction of sp³-hybridized carbons (Fsp3) is 0.167. The lowest BCUT2D eigenvalue weighted by molar-refractivity contribution is -0.142. The Bertz CT molecular complexity index is 988. The molecule has 1 aromatic carbocycles. The van der Waals surface area contributed by atoms with E-state index in [1.54, 1.807) is 47.9 Å². The van der Waals surface area contributed by atoms with Crippen LogP contribution in [0.4, 0.5) is 16.3 Å². The lowest BCUT2D eigenvalue weighted by Crippen LogP contribution is -2.21. The monoisotopic (exact) mass is 450 g/mol. The Morgan fingerprint density at radius 1 is 1.19 bits per heavy atom. The summed E-state index contributed by atoms with van der Waals surface area (Å²) in [6, 6.07) is 9.86. The van der Waals surface area contributed by atoms with Gasteiger partial charge in [-0.2, -0.15) is 0 Å². The molecule has 0 aliphatic heterocycles. The number of hydrogen-bond donors (Lipinski definition) is 2. The number of rotatable bonds is 5. The molecule has 0 saturated heterocycles. The Balaban J connectivity index is 1.88. The maximum Gasteiger partial charge on any atom is 0.324 e. The van der Waals surface area contributed by atoms with Gasteiger partial charge in [-0.15, -0.1) is 0 Å². The second-order valence-electron chi connectivity index (χ2n) is 5.55. The third-order valence-electron chi connectivity index (χ3n) is 3.61. The molecule has 0 saturated carbocycles. The van der Waals surface area contributed by atoms with Crippen LogP contribution in [0.5, 0.6) is 0 Å². The van der Waals surface area contributed by atoms with Gasteiger partial charge in [0.25, 0.3) is 0 Å². The van der Waals surface area contributed by atoms with Gasteiger partial charge in [0.1, 0.15) is 11.5 Å². The summed E-state index contributed by atoms with van der Waals surface area (Å²) in [5.41, 5.74) is 1.59. The molecule has 2 amide bonds. The van der Waals surface area contributed by atoms with Gasteiger partial charge in [-0.25, -0.2) is 9.78 Å². The third-order valence-corrected chi connectivity index (χ3v) is 4.33. The number of carbonyl (C=O) groups is 2. The summed E-state index contributed by atoms with van der Waals surface area (Å²) in [5.74, 6) is -0.0213. The summed E-state index contributed by atoms with van der Waals surface area (Å²) >= 11 is 9.25. The van der Waals surface area contributed by atoms with Crippen molar-refractivity contribution in [2.75, 3.05) is 17.2 Å². The number of anilines is 2. The molecule has 0 radical (unpaired) electrons. The van der Waals surface area contributed by atoms with Crippen LogP contribution in [-0.4, -0.2) is 28.0 Å². The van der Waals surface area contributed by atoms with E-state index in [0.29, 0.717) is 27.9 Å². The lowest BCUT2D eigenvalue weighted by atomic mass is 10.3. The molecule has 3 rings (SSSR count). The van der Waals surface area contributed by atoms with Crippen LogP contribution in [0.3, 0.4) is 0 Å². The van der Waals surface area contributed by atoms with Crippen molar-refractivity contribution in [3.05, 3.63) is 57.8 Å². The Morgan fingerprint density at radius 2 is 1.93 bits per heavy atom. The minimum Gasteiger partial charge on any atom is -0.466 e. The van der Waals surface area contributed by atoms with Gasteiger partial charge >= 0.3 is 12.0 Å². The summed E-state index contributed by atoms with van der Waals surface area (Å²) in [6.45, 7) is 2.01. The van der Waals surface area contributed by atoms with Gasteiger partial charge in [-0.3, -0.25) is 14.5 Å². The number of imidazole rings is 1. The highest BCUT2D eigenvalue weighted by Crippen LogP contribution is 2.22. The summed E-state index contributed by atoms with van der Waals surface area (Å²) in [5, 5.41) is 6.05. The standard InChI is InChI=1S/C18H16BrClN4O3/c1-2-27-16(25)9-14-17(24-10-11(19)3-8-15(24)22-14)23-18(26)21-13-6-4-12(20)5-7-13/h3-8,10H,2,9H2,1H3,(H2,21,23,26). The van der Waals surface area contributed by atoms with Crippen molar-refractivity contribution >= 4 is 56.7 Å². The average molecular weight is 452 g/mol. The summed E-state index contributed by atoms with van der Waals surface area (Å²) < 4.78 is 7.49. The van der Waals surface area contributed by atoms with Crippen molar-refractivity contribution < 1.29 is 14.3 Å². The number of benzene rings is 1. The topological polar surface area (TPSA) is 84.7 Å². The first-order valence-corrected chi connectivity index (χ1v) is 9.29. The van der Waals surface area contributed by atoms with Crippen molar-refractivity contribution in [2.45, 2.75) is 13.3 Å². The zero-order valence-electron chi connectivity index (χ0n) is 14.3. The van der Waals surface area contributed by atoms with Crippen molar-refractivity contribution in [1.29, 1.82) is 0 Å². The molecule has 2 N–H and O–H groups in total. The highest BCUT2D eigenvalue weighted by Gasteiger charge is 2.18. The molecular formula is C18H16BrClN4O3. The third kappa shape index (κ3) is 4.78. The zero-order valence-corrected chi connectivity index (χ0v) is 16.7. The molecule has 140 valence electrons. The van der Waals surface area contributed by atoms with E-state index in [1.807, 2.05) is 6.07 Å². The number of hydrogen-bond acceptors (Lipinski definition) is 4. The van der Waals surface area contributed by atoms with E-state index >= 15 is 0 Å². The van der Waals surface area contributed by atoms with Crippen molar-refractivity contribution in [1.82, 2.24) is 9.38 Å². The predicted molar refractivity (Wildman–Crippen MR) is 107 cm³/mol. The Morgan fingerprint density at radius 3 is 2.63 bits per heavy atom. The summed E-state index contributed by atoms with van der Waals surface area (Å²) in [7, 11) is 0. The van der Waals surface area contributed by atoms with E-state index in [2.05, 4.69) is 31.5 Å². The molecule has 0 atom stereocenters. The molecule has 0 bridgehead atoms. The number of nitrogens with zero attached hydrogens (tertiary/aromatic N) is 2. The molecule has 0 aliphatic rings. The molecule has 2 aromatic heterocycles. The van der Waals surface area contributed by atoms with Gasteiger partial charge < -0.3 is 10.1 Å². The number of urea groups is 1. The van der Waals surface area contributed by atoms with E-state index in [0.717, 1.165) is 4.47 Å². The Kier molecular flexibility index (Phi) is 5.98. The van der Waals surface area contributed by atoms with E-state index in [9.17, 15) is 9.59 Å². The number of amides is 2. The number of ether oxygens (including phenoxy) is 1. The molecule has 0 fully saturated rings. The number of pyridine rings is 1. The summed E-state index contributed by atoms with van der Waals surface area (Å²) in [6.07, 6.45) is 1.71. The zero-order chi connectivity index (χ0) is 19.4. The largest absolute Gasteiger partial charge is 0.466 e. The first-order chi connectivity index (χ1) is 13.0. The lowest BCUT2D eigenvalue weighted by Gasteiger charge is -2.09. The maximum atomic E-state index is 12.4. The molecule has 0 aliphatic carbocycles. The van der Waals surface area contributed by atoms with Gasteiger partial charge in [-0.1, -0.05) is 11.6 Å². The molecule has 0 spiro atoms. The van der Waals surface area contributed by atoms with Crippen molar-refractivity contribution in [2.24, 2.45) is 0 Å². The minimum absolute atomic E-state index is 0.0519. The van der Waals surface area contributed by atoms with E-state index in [1.165, 1.54) is 0 Å². The van der Waals surface area contributed by atoms with Gasteiger partial charge in [0.15, 0.2) is 0 Å². The smallest absolute Gasteiger partial charge is 0.324 e. The molecule has 9 heteroatoms. The first kappa shape index (κ1) is 19.2. The normalized spacial score (nSPS) is 10.6. The predicted octanol–water partition coefficient (Wildman–Crippen LogP) is 4.50. The van der Waals surface area contributed by atoms with Crippen LogP contribution in [0, 0.1) is 0 Å².